The molecule has 0 saturated carbocycles. The largest absolute Gasteiger partial charge is 0.491 e. The average molecular weight is 250 g/mol. The van der Waals surface area contributed by atoms with Crippen LogP contribution in [0, 0.1) is 0 Å². The van der Waals surface area contributed by atoms with Gasteiger partial charge in [0.15, 0.2) is 0 Å². The highest BCUT2D eigenvalue weighted by Crippen LogP contribution is 2.24. The van der Waals surface area contributed by atoms with E-state index in [4.69, 9.17) is 10.5 Å². The minimum absolute atomic E-state index is 0.163. The van der Waals surface area contributed by atoms with Gasteiger partial charge < -0.3 is 15.8 Å². The summed E-state index contributed by atoms with van der Waals surface area (Å²) in [6.07, 6.45) is 2.50. The molecular formula is C14H22N2O2. The van der Waals surface area contributed by atoms with Gasteiger partial charge in [0.25, 0.3) is 0 Å². The maximum absolute atomic E-state index is 11.8. The first-order chi connectivity index (χ1) is 8.69. The van der Waals surface area contributed by atoms with Crippen molar-refractivity contribution in [3.8, 4) is 5.75 Å². The molecule has 0 aliphatic heterocycles. The van der Waals surface area contributed by atoms with Gasteiger partial charge in [-0.15, -0.1) is 0 Å². The van der Waals surface area contributed by atoms with Crippen LogP contribution in [-0.2, 0) is 4.79 Å². The second kappa shape index (κ2) is 7.71. The molecule has 4 nitrogen and oxygen atoms in total. The van der Waals surface area contributed by atoms with Crippen LogP contribution < -0.4 is 15.8 Å². The van der Waals surface area contributed by atoms with Gasteiger partial charge in [0, 0.05) is 0 Å². The second-order valence-electron chi connectivity index (χ2n) is 4.23. The normalized spacial score (nSPS) is 11.9. The molecule has 0 unspecified atom stereocenters. The quantitative estimate of drug-likeness (QED) is 0.781. The first kappa shape index (κ1) is 14.5. The molecule has 0 radical (unpaired) electrons. The van der Waals surface area contributed by atoms with Gasteiger partial charge in [-0.2, -0.15) is 0 Å². The maximum atomic E-state index is 11.8. The van der Waals surface area contributed by atoms with E-state index in [1.165, 1.54) is 0 Å². The average Bonchev–Trinajstić information content (AvgIpc) is 2.38. The fourth-order valence-electron chi connectivity index (χ4n) is 1.58. The van der Waals surface area contributed by atoms with Crippen molar-refractivity contribution in [1.82, 2.24) is 0 Å². The van der Waals surface area contributed by atoms with E-state index in [1.54, 1.807) is 0 Å². The van der Waals surface area contributed by atoms with Gasteiger partial charge in [0.1, 0.15) is 5.75 Å². The molecule has 4 heteroatoms. The number of hydrogen-bond acceptors (Lipinski definition) is 3. The summed E-state index contributed by atoms with van der Waals surface area (Å²) < 4.78 is 5.57. The fraction of sp³-hybridized carbons (Fsp3) is 0.500. The Morgan fingerprint density at radius 3 is 2.72 bits per heavy atom. The first-order valence-corrected chi connectivity index (χ1v) is 6.47. The third-order valence-corrected chi connectivity index (χ3v) is 2.54. The number of ether oxygens (including phenoxy) is 1. The molecule has 1 atom stereocenters. The first-order valence-electron chi connectivity index (χ1n) is 6.47. The summed E-state index contributed by atoms with van der Waals surface area (Å²) in [4.78, 5) is 11.8. The molecule has 1 amide bonds. The minimum Gasteiger partial charge on any atom is -0.491 e. The van der Waals surface area contributed by atoms with Crippen LogP contribution in [0.3, 0.4) is 0 Å². The third-order valence-electron chi connectivity index (χ3n) is 2.54. The van der Waals surface area contributed by atoms with Crippen LogP contribution in [0.15, 0.2) is 24.3 Å². The van der Waals surface area contributed by atoms with Crippen molar-refractivity contribution in [3.63, 3.8) is 0 Å². The zero-order chi connectivity index (χ0) is 13.4. The standard InChI is InChI=1S/C14H22N2O2/c1-3-7-11(15)14(17)16-12-8-5-6-9-13(12)18-10-4-2/h5-6,8-9,11H,3-4,7,10,15H2,1-2H3,(H,16,17)/t11-/m0/s1. The number of rotatable bonds is 7. The number of anilines is 1. The molecule has 0 aliphatic rings. The Morgan fingerprint density at radius 2 is 2.06 bits per heavy atom. The molecule has 0 saturated heterocycles. The van der Waals surface area contributed by atoms with E-state index in [0.717, 1.165) is 12.8 Å². The molecule has 100 valence electrons. The number of nitrogens with one attached hydrogen (secondary N) is 1. The van der Waals surface area contributed by atoms with Crippen molar-refractivity contribution in [1.29, 1.82) is 0 Å². The number of para-hydroxylation sites is 2. The molecule has 0 aromatic heterocycles. The fourth-order valence-corrected chi connectivity index (χ4v) is 1.58. The highest BCUT2D eigenvalue weighted by atomic mass is 16.5. The molecule has 1 aromatic rings. The summed E-state index contributed by atoms with van der Waals surface area (Å²) in [5.41, 5.74) is 6.46. The van der Waals surface area contributed by atoms with E-state index in [9.17, 15) is 4.79 Å². The predicted octanol–water partition coefficient (Wildman–Crippen LogP) is 2.54. The van der Waals surface area contributed by atoms with Crippen LogP contribution >= 0.6 is 0 Å². The predicted molar refractivity (Wildman–Crippen MR) is 73.7 cm³/mol. The van der Waals surface area contributed by atoms with Crippen LogP contribution in [0.5, 0.6) is 5.75 Å². The van der Waals surface area contributed by atoms with Crippen LogP contribution in [-0.4, -0.2) is 18.6 Å². The molecule has 18 heavy (non-hydrogen) atoms. The lowest BCUT2D eigenvalue weighted by molar-refractivity contribution is -0.117. The number of hydrogen-bond donors (Lipinski definition) is 2. The van der Waals surface area contributed by atoms with Gasteiger partial charge in [-0.3, -0.25) is 4.79 Å². The van der Waals surface area contributed by atoms with Gasteiger partial charge in [0.2, 0.25) is 5.91 Å². The highest BCUT2D eigenvalue weighted by Gasteiger charge is 2.14. The summed E-state index contributed by atoms with van der Waals surface area (Å²) >= 11 is 0. The Hall–Kier alpha value is -1.55. The molecular weight excluding hydrogens is 228 g/mol. The molecule has 1 aromatic carbocycles. The summed E-state index contributed by atoms with van der Waals surface area (Å²) in [5.74, 6) is 0.529. The summed E-state index contributed by atoms with van der Waals surface area (Å²) in [6.45, 7) is 4.68. The van der Waals surface area contributed by atoms with Gasteiger partial charge in [-0.25, -0.2) is 0 Å². The third kappa shape index (κ3) is 4.37. The van der Waals surface area contributed by atoms with E-state index in [1.807, 2.05) is 38.1 Å². The smallest absolute Gasteiger partial charge is 0.241 e. The summed E-state index contributed by atoms with van der Waals surface area (Å²) in [6, 6.07) is 6.94. The summed E-state index contributed by atoms with van der Waals surface area (Å²) in [7, 11) is 0. The van der Waals surface area contributed by atoms with Crippen LogP contribution in [0.2, 0.25) is 0 Å². The van der Waals surface area contributed by atoms with Gasteiger partial charge >= 0.3 is 0 Å². The molecule has 0 aliphatic carbocycles. The van der Waals surface area contributed by atoms with Crippen molar-refractivity contribution in [3.05, 3.63) is 24.3 Å². The lowest BCUT2D eigenvalue weighted by Crippen LogP contribution is -2.35. The molecule has 1 rings (SSSR count). The molecule has 0 heterocycles. The zero-order valence-corrected chi connectivity index (χ0v) is 11.1. The Kier molecular flexibility index (Phi) is 6.22. The second-order valence-corrected chi connectivity index (χ2v) is 4.23. The zero-order valence-electron chi connectivity index (χ0n) is 11.1. The highest BCUT2D eigenvalue weighted by molar-refractivity contribution is 5.95. The lowest BCUT2D eigenvalue weighted by atomic mass is 10.1. The number of nitrogens with two attached hydrogens (primary N) is 1. The lowest BCUT2D eigenvalue weighted by Gasteiger charge is -2.14. The Bertz CT molecular complexity index is 380. The Morgan fingerprint density at radius 1 is 1.33 bits per heavy atom. The van der Waals surface area contributed by atoms with E-state index in [-0.39, 0.29) is 5.91 Å². The number of carbonyl (C=O) groups excluding carboxylic acids is 1. The van der Waals surface area contributed by atoms with Gasteiger partial charge in [0.05, 0.1) is 18.3 Å². The number of benzene rings is 1. The van der Waals surface area contributed by atoms with Crippen molar-refractivity contribution in [2.45, 2.75) is 39.2 Å². The van der Waals surface area contributed by atoms with Crippen LogP contribution in [0.1, 0.15) is 33.1 Å². The van der Waals surface area contributed by atoms with E-state index in [0.29, 0.717) is 24.5 Å². The van der Waals surface area contributed by atoms with Crippen molar-refractivity contribution in [2.75, 3.05) is 11.9 Å². The monoisotopic (exact) mass is 250 g/mol. The SMILES string of the molecule is CCCOc1ccccc1NC(=O)[C@@H](N)CCC. The van der Waals surface area contributed by atoms with Crippen molar-refractivity contribution in [2.24, 2.45) is 5.73 Å². The molecule has 0 fully saturated rings. The molecule has 0 spiro atoms. The van der Waals surface area contributed by atoms with Crippen molar-refractivity contribution < 1.29 is 9.53 Å². The van der Waals surface area contributed by atoms with Crippen LogP contribution in [0.4, 0.5) is 5.69 Å². The van der Waals surface area contributed by atoms with Gasteiger partial charge in [-0.1, -0.05) is 32.4 Å². The van der Waals surface area contributed by atoms with Crippen molar-refractivity contribution >= 4 is 11.6 Å². The van der Waals surface area contributed by atoms with E-state index >= 15 is 0 Å². The number of carbonyl (C=O) groups is 1. The minimum atomic E-state index is -0.464. The molecule has 3 N–H and O–H groups in total. The number of amides is 1. The Labute approximate surface area is 109 Å². The molecule has 0 bridgehead atoms. The van der Waals surface area contributed by atoms with Crippen LogP contribution in [0.25, 0.3) is 0 Å². The Balaban J connectivity index is 2.68. The topological polar surface area (TPSA) is 64.3 Å². The summed E-state index contributed by atoms with van der Waals surface area (Å²) in [5, 5.41) is 2.82. The van der Waals surface area contributed by atoms with E-state index < -0.39 is 6.04 Å². The van der Waals surface area contributed by atoms with Gasteiger partial charge in [-0.05, 0) is 25.0 Å². The van der Waals surface area contributed by atoms with E-state index in [2.05, 4.69) is 5.32 Å². The maximum Gasteiger partial charge on any atom is 0.241 e.